The largest absolute Gasteiger partial charge is 0.348 e. The number of piperidine rings is 2. The first-order chi connectivity index (χ1) is 11.5. The number of hydrogen-bond donors (Lipinski definition) is 1. The van der Waals surface area contributed by atoms with Gasteiger partial charge in [-0.3, -0.25) is 9.69 Å². The molecule has 1 aromatic rings. The summed E-state index contributed by atoms with van der Waals surface area (Å²) in [6.45, 7) is 8.68. The standard InChI is InChI=1S/C20H31N3O/c1-15-6-4-8-19(16(15)2)20(24)21-17-7-5-11-23(14-17)18-9-12-22(3)13-10-18/h4,6,8,17-18H,5,7,9-14H2,1-3H3,(H,21,24). The number of benzene rings is 1. The van der Waals surface area contributed by atoms with Gasteiger partial charge >= 0.3 is 0 Å². The van der Waals surface area contributed by atoms with Crippen molar-refractivity contribution in [3.8, 4) is 0 Å². The summed E-state index contributed by atoms with van der Waals surface area (Å²) in [5.41, 5.74) is 3.10. The Morgan fingerprint density at radius 2 is 1.88 bits per heavy atom. The van der Waals surface area contributed by atoms with E-state index in [9.17, 15) is 4.79 Å². The minimum atomic E-state index is 0.0893. The minimum Gasteiger partial charge on any atom is -0.348 e. The van der Waals surface area contributed by atoms with Gasteiger partial charge in [-0.05, 0) is 83.4 Å². The molecule has 0 saturated carbocycles. The number of nitrogens with zero attached hydrogens (tertiary/aromatic N) is 2. The van der Waals surface area contributed by atoms with E-state index in [0.717, 1.165) is 24.1 Å². The number of nitrogens with one attached hydrogen (secondary N) is 1. The summed E-state index contributed by atoms with van der Waals surface area (Å²) in [5.74, 6) is 0.0893. The lowest BCUT2D eigenvalue weighted by Crippen LogP contribution is -2.53. The minimum absolute atomic E-state index is 0.0893. The summed E-state index contributed by atoms with van der Waals surface area (Å²) in [6, 6.07) is 6.96. The van der Waals surface area contributed by atoms with E-state index in [1.807, 2.05) is 19.1 Å². The molecule has 2 saturated heterocycles. The Morgan fingerprint density at radius 3 is 2.62 bits per heavy atom. The first kappa shape index (κ1) is 17.4. The zero-order valence-electron chi connectivity index (χ0n) is 15.3. The lowest BCUT2D eigenvalue weighted by Gasteiger charge is -2.41. The van der Waals surface area contributed by atoms with Crippen molar-refractivity contribution in [2.24, 2.45) is 0 Å². The van der Waals surface area contributed by atoms with Crippen LogP contribution in [0.25, 0.3) is 0 Å². The number of likely N-dealkylation sites (tertiary alicyclic amines) is 2. The second-order valence-electron chi connectivity index (χ2n) is 7.59. The molecule has 0 bridgehead atoms. The van der Waals surface area contributed by atoms with Crippen LogP contribution in [0.1, 0.15) is 47.2 Å². The Kier molecular flexibility index (Phi) is 5.57. The predicted molar refractivity (Wildman–Crippen MR) is 98.5 cm³/mol. The molecule has 0 spiro atoms. The fourth-order valence-corrected chi connectivity index (χ4v) is 4.08. The molecule has 1 aromatic carbocycles. The van der Waals surface area contributed by atoms with Crippen LogP contribution in [0.4, 0.5) is 0 Å². The van der Waals surface area contributed by atoms with Gasteiger partial charge in [0, 0.05) is 24.2 Å². The van der Waals surface area contributed by atoms with E-state index in [1.54, 1.807) is 0 Å². The molecule has 1 N–H and O–H groups in total. The molecular formula is C20H31N3O. The van der Waals surface area contributed by atoms with Gasteiger partial charge in [0.15, 0.2) is 0 Å². The highest BCUT2D eigenvalue weighted by Crippen LogP contribution is 2.21. The predicted octanol–water partition coefficient (Wildman–Crippen LogP) is 2.59. The molecule has 1 unspecified atom stereocenters. The van der Waals surface area contributed by atoms with Crippen molar-refractivity contribution in [3.05, 3.63) is 34.9 Å². The van der Waals surface area contributed by atoms with Crippen molar-refractivity contribution >= 4 is 5.91 Å². The van der Waals surface area contributed by atoms with Crippen LogP contribution in [0.5, 0.6) is 0 Å². The van der Waals surface area contributed by atoms with Gasteiger partial charge in [0.1, 0.15) is 0 Å². The summed E-state index contributed by atoms with van der Waals surface area (Å²) in [4.78, 5) is 17.7. The molecule has 2 aliphatic rings. The molecule has 2 fully saturated rings. The Bertz CT molecular complexity index is 578. The fourth-order valence-electron chi connectivity index (χ4n) is 4.08. The maximum absolute atomic E-state index is 12.7. The second kappa shape index (κ2) is 7.66. The highest BCUT2D eigenvalue weighted by molar-refractivity contribution is 5.96. The normalized spacial score (nSPS) is 24.0. The third-order valence-electron chi connectivity index (χ3n) is 5.84. The zero-order valence-corrected chi connectivity index (χ0v) is 15.3. The summed E-state index contributed by atoms with van der Waals surface area (Å²) >= 11 is 0. The van der Waals surface area contributed by atoms with E-state index in [4.69, 9.17) is 0 Å². The molecule has 132 valence electrons. The quantitative estimate of drug-likeness (QED) is 0.926. The first-order valence-corrected chi connectivity index (χ1v) is 9.34. The van der Waals surface area contributed by atoms with Gasteiger partial charge < -0.3 is 10.2 Å². The Hall–Kier alpha value is -1.39. The van der Waals surface area contributed by atoms with Crippen molar-refractivity contribution in [1.29, 1.82) is 0 Å². The topological polar surface area (TPSA) is 35.6 Å². The Morgan fingerprint density at radius 1 is 1.12 bits per heavy atom. The number of carbonyl (C=O) groups is 1. The number of aryl methyl sites for hydroxylation is 1. The van der Waals surface area contributed by atoms with Gasteiger partial charge in [0.25, 0.3) is 5.91 Å². The van der Waals surface area contributed by atoms with Crippen LogP contribution in [-0.4, -0.2) is 61.0 Å². The van der Waals surface area contributed by atoms with Crippen LogP contribution in [0.3, 0.4) is 0 Å². The summed E-state index contributed by atoms with van der Waals surface area (Å²) in [7, 11) is 2.21. The van der Waals surface area contributed by atoms with E-state index < -0.39 is 0 Å². The number of hydrogen-bond acceptors (Lipinski definition) is 3. The van der Waals surface area contributed by atoms with Gasteiger partial charge in [-0.2, -0.15) is 0 Å². The van der Waals surface area contributed by atoms with Crippen LogP contribution in [-0.2, 0) is 0 Å². The molecule has 24 heavy (non-hydrogen) atoms. The van der Waals surface area contributed by atoms with Crippen LogP contribution >= 0.6 is 0 Å². The Labute approximate surface area is 146 Å². The highest BCUT2D eigenvalue weighted by Gasteiger charge is 2.29. The SMILES string of the molecule is Cc1cccc(C(=O)NC2CCCN(C3CCN(C)CC3)C2)c1C. The van der Waals surface area contributed by atoms with Crippen molar-refractivity contribution in [2.75, 3.05) is 33.2 Å². The van der Waals surface area contributed by atoms with Crippen molar-refractivity contribution in [2.45, 2.75) is 51.6 Å². The first-order valence-electron chi connectivity index (χ1n) is 9.34. The van der Waals surface area contributed by atoms with Crippen LogP contribution < -0.4 is 5.32 Å². The number of amides is 1. The van der Waals surface area contributed by atoms with Gasteiger partial charge in [-0.15, -0.1) is 0 Å². The van der Waals surface area contributed by atoms with Crippen LogP contribution in [0.2, 0.25) is 0 Å². The van der Waals surface area contributed by atoms with Gasteiger partial charge in [0.2, 0.25) is 0 Å². The molecular weight excluding hydrogens is 298 g/mol. The molecule has 1 amide bonds. The fraction of sp³-hybridized carbons (Fsp3) is 0.650. The molecule has 0 radical (unpaired) electrons. The smallest absolute Gasteiger partial charge is 0.251 e. The number of rotatable bonds is 3. The van der Waals surface area contributed by atoms with Crippen LogP contribution in [0.15, 0.2) is 18.2 Å². The monoisotopic (exact) mass is 329 g/mol. The van der Waals surface area contributed by atoms with Gasteiger partial charge in [-0.1, -0.05) is 12.1 Å². The molecule has 4 heteroatoms. The molecule has 2 heterocycles. The van der Waals surface area contributed by atoms with Crippen molar-refractivity contribution in [1.82, 2.24) is 15.1 Å². The van der Waals surface area contributed by atoms with Crippen molar-refractivity contribution in [3.63, 3.8) is 0 Å². The van der Waals surface area contributed by atoms with Gasteiger partial charge in [-0.25, -0.2) is 0 Å². The highest BCUT2D eigenvalue weighted by atomic mass is 16.1. The third kappa shape index (κ3) is 3.98. The molecule has 4 nitrogen and oxygen atoms in total. The van der Waals surface area contributed by atoms with Crippen molar-refractivity contribution < 1.29 is 4.79 Å². The average molecular weight is 329 g/mol. The van der Waals surface area contributed by atoms with E-state index in [2.05, 4.69) is 35.2 Å². The lowest BCUT2D eigenvalue weighted by atomic mass is 9.97. The zero-order chi connectivity index (χ0) is 17.1. The van der Waals surface area contributed by atoms with E-state index in [0.29, 0.717) is 6.04 Å². The maximum atomic E-state index is 12.7. The van der Waals surface area contributed by atoms with E-state index in [-0.39, 0.29) is 11.9 Å². The maximum Gasteiger partial charge on any atom is 0.251 e. The Balaban J connectivity index is 1.59. The molecule has 0 aromatic heterocycles. The van der Waals surface area contributed by atoms with Crippen LogP contribution in [0, 0.1) is 13.8 Å². The summed E-state index contributed by atoms with van der Waals surface area (Å²) in [5, 5.41) is 3.29. The molecule has 0 aliphatic carbocycles. The second-order valence-corrected chi connectivity index (χ2v) is 7.59. The third-order valence-corrected chi connectivity index (χ3v) is 5.84. The van der Waals surface area contributed by atoms with Gasteiger partial charge in [0.05, 0.1) is 0 Å². The molecule has 2 aliphatic heterocycles. The summed E-state index contributed by atoms with van der Waals surface area (Å²) in [6.07, 6.45) is 4.80. The summed E-state index contributed by atoms with van der Waals surface area (Å²) < 4.78 is 0. The molecule has 3 rings (SSSR count). The average Bonchev–Trinajstić information content (AvgIpc) is 2.58. The molecule has 1 atom stereocenters. The number of carbonyl (C=O) groups excluding carboxylic acids is 1. The van der Waals surface area contributed by atoms with E-state index in [1.165, 1.54) is 44.5 Å². The lowest BCUT2D eigenvalue weighted by molar-refractivity contribution is 0.0765. The van der Waals surface area contributed by atoms with E-state index >= 15 is 0 Å².